The molecule has 2 atom stereocenters. The Morgan fingerprint density at radius 3 is 2.47 bits per heavy atom. The molecule has 2 N–H and O–H groups in total. The molecule has 2 heterocycles. The molecule has 2 unspecified atom stereocenters. The number of rotatable bonds is 4. The molecule has 2 aliphatic rings. The Hall–Kier alpha value is -0.240. The molecule has 2 fully saturated rings. The van der Waals surface area contributed by atoms with Gasteiger partial charge in [0.05, 0.1) is 4.99 Å². The molecule has 0 aromatic rings. The van der Waals surface area contributed by atoms with Crippen LogP contribution in [0.15, 0.2) is 0 Å². The van der Waals surface area contributed by atoms with Gasteiger partial charge in [0.1, 0.15) is 5.25 Å². The molecule has 0 amide bonds. The second-order valence-electron chi connectivity index (χ2n) is 5.49. The second kappa shape index (κ2) is 6.03. The van der Waals surface area contributed by atoms with E-state index in [1.807, 2.05) is 0 Å². The van der Waals surface area contributed by atoms with Gasteiger partial charge in [-0.25, -0.2) is 8.42 Å². The maximum atomic E-state index is 12.3. The summed E-state index contributed by atoms with van der Waals surface area (Å²) in [6, 6.07) is 0.369. The van der Waals surface area contributed by atoms with Crippen molar-refractivity contribution in [3.8, 4) is 0 Å². The Morgan fingerprint density at radius 1 is 1.26 bits per heavy atom. The van der Waals surface area contributed by atoms with E-state index in [-0.39, 0.29) is 4.99 Å². The predicted molar refractivity (Wildman–Crippen MR) is 80.6 cm³/mol. The Kier molecular flexibility index (Phi) is 4.81. The van der Waals surface area contributed by atoms with E-state index in [4.69, 9.17) is 18.0 Å². The van der Waals surface area contributed by atoms with E-state index in [9.17, 15) is 8.42 Å². The monoisotopic (exact) mass is 305 g/mol. The summed E-state index contributed by atoms with van der Waals surface area (Å²) in [5, 5.41) is -0.761. The van der Waals surface area contributed by atoms with Crippen LogP contribution in [-0.2, 0) is 10.0 Å². The van der Waals surface area contributed by atoms with E-state index in [1.165, 1.54) is 19.3 Å². The van der Waals surface area contributed by atoms with Gasteiger partial charge in [0, 0.05) is 19.1 Å². The Bertz CT molecular complexity index is 432. The van der Waals surface area contributed by atoms with Gasteiger partial charge in [-0.3, -0.25) is 4.90 Å². The van der Waals surface area contributed by atoms with Crippen molar-refractivity contribution in [2.45, 2.75) is 43.9 Å². The molecule has 5 nitrogen and oxygen atoms in total. The fraction of sp³-hybridized carbons (Fsp3) is 0.917. The molecule has 0 aliphatic carbocycles. The van der Waals surface area contributed by atoms with Crippen molar-refractivity contribution in [3.05, 3.63) is 0 Å². The zero-order valence-electron chi connectivity index (χ0n) is 11.4. The molecule has 0 spiro atoms. The van der Waals surface area contributed by atoms with Crippen LogP contribution in [0, 0.1) is 0 Å². The summed E-state index contributed by atoms with van der Waals surface area (Å²) in [7, 11) is -3.37. The highest BCUT2D eigenvalue weighted by atomic mass is 32.2. The zero-order chi connectivity index (χ0) is 14.0. The highest BCUT2D eigenvalue weighted by Crippen LogP contribution is 2.23. The summed E-state index contributed by atoms with van der Waals surface area (Å²) in [5.74, 6) is 0. The van der Waals surface area contributed by atoms with Crippen LogP contribution >= 0.6 is 12.2 Å². The van der Waals surface area contributed by atoms with Crippen LogP contribution in [0.1, 0.15) is 32.6 Å². The van der Waals surface area contributed by atoms with Gasteiger partial charge in [-0.1, -0.05) is 18.6 Å². The normalized spacial score (nSPS) is 28.4. The summed E-state index contributed by atoms with van der Waals surface area (Å²) >= 11 is 4.82. The van der Waals surface area contributed by atoms with Crippen molar-refractivity contribution in [1.82, 2.24) is 9.21 Å². The molecule has 0 radical (unpaired) electrons. The average molecular weight is 305 g/mol. The van der Waals surface area contributed by atoms with Crippen LogP contribution in [0.2, 0.25) is 0 Å². The van der Waals surface area contributed by atoms with Crippen LogP contribution in [0.3, 0.4) is 0 Å². The maximum Gasteiger partial charge on any atom is 0.223 e. The molecule has 110 valence electrons. The van der Waals surface area contributed by atoms with Gasteiger partial charge in [0.25, 0.3) is 0 Å². The molecule has 19 heavy (non-hydrogen) atoms. The largest absolute Gasteiger partial charge is 0.392 e. The lowest BCUT2D eigenvalue weighted by atomic mass is 10.1. The predicted octanol–water partition coefficient (Wildman–Crippen LogP) is 0.551. The number of nitrogens with two attached hydrogens (primary N) is 1. The van der Waals surface area contributed by atoms with Crippen molar-refractivity contribution in [2.24, 2.45) is 5.73 Å². The summed E-state index contributed by atoms with van der Waals surface area (Å²) in [5.41, 5.74) is 5.48. The maximum absolute atomic E-state index is 12.3. The lowest BCUT2D eigenvalue weighted by molar-refractivity contribution is 0.169. The number of piperidine rings is 1. The van der Waals surface area contributed by atoms with E-state index >= 15 is 0 Å². The molecule has 0 aromatic heterocycles. The molecule has 0 bridgehead atoms. The van der Waals surface area contributed by atoms with Gasteiger partial charge >= 0.3 is 0 Å². The highest BCUT2D eigenvalue weighted by molar-refractivity contribution is 7.92. The van der Waals surface area contributed by atoms with Crippen molar-refractivity contribution < 1.29 is 8.42 Å². The molecule has 0 saturated carbocycles. The van der Waals surface area contributed by atoms with Crippen LogP contribution < -0.4 is 5.73 Å². The summed E-state index contributed by atoms with van der Waals surface area (Å²) in [4.78, 5) is 2.49. The lowest BCUT2D eigenvalue weighted by Gasteiger charge is -2.32. The Labute approximate surface area is 121 Å². The van der Waals surface area contributed by atoms with Gasteiger partial charge in [-0.05, 0) is 39.3 Å². The highest BCUT2D eigenvalue weighted by Gasteiger charge is 2.38. The Morgan fingerprint density at radius 2 is 1.89 bits per heavy atom. The summed E-state index contributed by atoms with van der Waals surface area (Å²) < 4.78 is 26.3. The van der Waals surface area contributed by atoms with E-state index in [1.54, 1.807) is 11.2 Å². The zero-order valence-corrected chi connectivity index (χ0v) is 13.0. The minimum Gasteiger partial charge on any atom is -0.392 e. The van der Waals surface area contributed by atoms with Crippen molar-refractivity contribution in [3.63, 3.8) is 0 Å². The van der Waals surface area contributed by atoms with Crippen LogP contribution in [0.5, 0.6) is 0 Å². The van der Waals surface area contributed by atoms with Crippen molar-refractivity contribution >= 4 is 27.2 Å². The SMILES string of the molecule is CC(C(N)=S)S(=O)(=O)N1CCC(N2CCCCC2)C1. The molecule has 0 aromatic carbocycles. The lowest BCUT2D eigenvalue weighted by Crippen LogP contribution is -2.45. The van der Waals surface area contributed by atoms with Gasteiger partial charge in [0.2, 0.25) is 10.0 Å². The fourth-order valence-electron chi connectivity index (χ4n) is 2.89. The summed E-state index contributed by atoms with van der Waals surface area (Å²) in [6.07, 6.45) is 4.67. The first-order chi connectivity index (χ1) is 8.93. The third-order valence-electron chi connectivity index (χ3n) is 4.24. The van der Waals surface area contributed by atoms with Crippen molar-refractivity contribution in [2.75, 3.05) is 26.2 Å². The third-order valence-corrected chi connectivity index (χ3v) is 6.94. The molecular formula is C12H23N3O2S2. The van der Waals surface area contributed by atoms with Crippen LogP contribution in [0.4, 0.5) is 0 Å². The van der Waals surface area contributed by atoms with Crippen LogP contribution in [0.25, 0.3) is 0 Å². The minimum atomic E-state index is -3.37. The smallest absolute Gasteiger partial charge is 0.223 e. The summed E-state index contributed by atoms with van der Waals surface area (Å²) in [6.45, 7) is 4.96. The van der Waals surface area contributed by atoms with E-state index in [0.717, 1.165) is 19.5 Å². The minimum absolute atomic E-state index is 0.0569. The van der Waals surface area contributed by atoms with E-state index in [2.05, 4.69) is 4.90 Å². The average Bonchev–Trinajstić information content (AvgIpc) is 2.89. The molecular weight excluding hydrogens is 282 g/mol. The second-order valence-corrected chi connectivity index (χ2v) is 8.21. The number of hydrogen-bond donors (Lipinski definition) is 1. The van der Waals surface area contributed by atoms with Crippen LogP contribution in [-0.4, -0.2) is 60.1 Å². The fourth-order valence-corrected chi connectivity index (χ4v) is 4.74. The quantitative estimate of drug-likeness (QED) is 0.768. The molecule has 2 aliphatic heterocycles. The van der Waals surface area contributed by atoms with Gasteiger partial charge < -0.3 is 5.73 Å². The Balaban J connectivity index is 1.99. The first-order valence-electron chi connectivity index (χ1n) is 6.95. The van der Waals surface area contributed by atoms with Crippen molar-refractivity contribution in [1.29, 1.82) is 0 Å². The number of sulfonamides is 1. The van der Waals surface area contributed by atoms with E-state index in [0.29, 0.717) is 19.1 Å². The van der Waals surface area contributed by atoms with Gasteiger partial charge in [0.15, 0.2) is 0 Å². The molecule has 7 heteroatoms. The third kappa shape index (κ3) is 3.26. The topological polar surface area (TPSA) is 66.6 Å². The first kappa shape index (κ1) is 15.2. The number of nitrogens with zero attached hydrogens (tertiary/aromatic N) is 2. The van der Waals surface area contributed by atoms with Gasteiger partial charge in [-0.2, -0.15) is 4.31 Å². The standard InChI is InChI=1S/C12H23N3O2S2/c1-10(12(13)18)19(16,17)15-8-5-11(9-15)14-6-3-2-4-7-14/h10-11H,2-9H2,1H3,(H2,13,18). The molecule has 2 saturated heterocycles. The molecule has 2 rings (SSSR count). The van der Waals surface area contributed by atoms with E-state index < -0.39 is 15.3 Å². The number of likely N-dealkylation sites (tertiary alicyclic amines) is 1. The van der Waals surface area contributed by atoms with Gasteiger partial charge in [-0.15, -0.1) is 0 Å². The number of thiocarbonyl (C=S) groups is 1. The number of hydrogen-bond acceptors (Lipinski definition) is 4. The first-order valence-corrected chi connectivity index (χ1v) is 8.86.